The van der Waals surface area contributed by atoms with Crippen LogP contribution in [-0.4, -0.2) is 0 Å². The molecule has 0 N–H and O–H groups in total. The van der Waals surface area contributed by atoms with Crippen LogP contribution in [0.25, 0.3) is 0 Å². The Morgan fingerprint density at radius 2 is 2.15 bits per heavy atom. The minimum absolute atomic E-state index is 0.730. The van der Waals surface area contributed by atoms with Crippen LogP contribution < -0.4 is 0 Å². The van der Waals surface area contributed by atoms with Crippen LogP contribution >= 0.6 is 11.6 Å². The Hall–Kier alpha value is -0.490. The Balaban J connectivity index is 2.40. The van der Waals surface area contributed by atoms with Crippen LogP contribution in [0.3, 0.4) is 0 Å². The smallest absolute Gasteiger partial charge is 0.0409 e. The molecule has 1 atom stereocenters. The fourth-order valence-electron chi connectivity index (χ4n) is 2.30. The van der Waals surface area contributed by atoms with Gasteiger partial charge in [-0.25, -0.2) is 0 Å². The second-order valence-corrected chi connectivity index (χ2v) is 4.67. The van der Waals surface area contributed by atoms with Gasteiger partial charge in [0.25, 0.3) is 0 Å². The Morgan fingerprint density at radius 1 is 1.38 bits per heavy atom. The molecule has 1 unspecified atom stereocenters. The number of hydrogen-bond acceptors (Lipinski definition) is 0. The number of hydrogen-bond donors (Lipinski definition) is 0. The molecule has 0 nitrogen and oxygen atoms in total. The summed E-state index contributed by atoms with van der Waals surface area (Å²) in [5.41, 5.74) is 2.99. The lowest BCUT2D eigenvalue weighted by molar-refractivity contribution is 0.496. The molecule has 0 aromatic heterocycles. The van der Waals surface area contributed by atoms with Gasteiger partial charge >= 0.3 is 0 Å². The van der Waals surface area contributed by atoms with Gasteiger partial charge in [-0.3, -0.25) is 0 Å². The third kappa shape index (κ3) is 1.60. The molecule has 2 rings (SSSR count). The largest absolute Gasteiger partial charge is 0.0843 e. The number of rotatable bonds is 1. The molecule has 1 aliphatic carbocycles. The molecule has 0 aliphatic heterocycles. The SMILES string of the molecule is CC(C)C1CCc2ccc(Cl)cc21. The van der Waals surface area contributed by atoms with E-state index in [0.717, 1.165) is 16.9 Å². The molecule has 1 aliphatic rings. The van der Waals surface area contributed by atoms with Crippen LogP contribution in [0.15, 0.2) is 18.2 Å². The second kappa shape index (κ2) is 3.34. The maximum absolute atomic E-state index is 5.99. The Morgan fingerprint density at radius 3 is 2.85 bits per heavy atom. The number of fused-ring (bicyclic) bond motifs is 1. The molecule has 0 spiro atoms. The van der Waals surface area contributed by atoms with Gasteiger partial charge in [0.15, 0.2) is 0 Å². The normalized spacial score (nSPS) is 20.8. The van der Waals surface area contributed by atoms with Crippen LogP contribution in [0.1, 0.15) is 37.3 Å². The summed E-state index contributed by atoms with van der Waals surface area (Å²) in [4.78, 5) is 0. The Labute approximate surface area is 84.9 Å². The van der Waals surface area contributed by atoms with Crippen molar-refractivity contribution >= 4 is 11.6 Å². The lowest BCUT2D eigenvalue weighted by Crippen LogP contribution is -2.01. The predicted octanol–water partition coefficient (Wildman–Crippen LogP) is 4.03. The summed E-state index contributed by atoms with van der Waals surface area (Å²) in [5, 5.41) is 0.881. The molecule has 0 heterocycles. The number of aryl methyl sites for hydroxylation is 1. The average molecular weight is 195 g/mol. The van der Waals surface area contributed by atoms with Gasteiger partial charge in [0.2, 0.25) is 0 Å². The van der Waals surface area contributed by atoms with Gasteiger partial charge in [0.1, 0.15) is 0 Å². The van der Waals surface area contributed by atoms with Crippen molar-refractivity contribution in [2.45, 2.75) is 32.6 Å². The van der Waals surface area contributed by atoms with E-state index in [-0.39, 0.29) is 0 Å². The quantitative estimate of drug-likeness (QED) is 0.634. The van der Waals surface area contributed by atoms with E-state index in [2.05, 4.69) is 26.0 Å². The molecular formula is C12H15Cl. The van der Waals surface area contributed by atoms with Crippen LogP contribution in [0.2, 0.25) is 5.02 Å². The predicted molar refractivity (Wildman–Crippen MR) is 57.4 cm³/mol. The van der Waals surface area contributed by atoms with Crippen molar-refractivity contribution in [2.24, 2.45) is 5.92 Å². The van der Waals surface area contributed by atoms with Gasteiger partial charge in [-0.15, -0.1) is 0 Å². The zero-order valence-corrected chi connectivity index (χ0v) is 8.93. The Bertz CT molecular complexity index is 315. The van der Waals surface area contributed by atoms with Crippen LogP contribution in [0, 0.1) is 5.92 Å². The van der Waals surface area contributed by atoms with Crippen LogP contribution in [0.4, 0.5) is 0 Å². The summed E-state index contributed by atoms with van der Waals surface area (Å²) in [6.07, 6.45) is 2.53. The van der Waals surface area contributed by atoms with Crippen LogP contribution in [-0.2, 0) is 6.42 Å². The lowest BCUT2D eigenvalue weighted by Gasteiger charge is -2.15. The van der Waals surface area contributed by atoms with E-state index in [1.807, 2.05) is 6.07 Å². The third-order valence-electron chi connectivity index (χ3n) is 3.04. The Kier molecular flexibility index (Phi) is 2.33. The molecule has 0 amide bonds. The summed E-state index contributed by atoms with van der Waals surface area (Å²) >= 11 is 5.99. The minimum atomic E-state index is 0.730. The van der Waals surface area contributed by atoms with Crippen molar-refractivity contribution in [2.75, 3.05) is 0 Å². The zero-order valence-electron chi connectivity index (χ0n) is 8.18. The van der Waals surface area contributed by atoms with Gasteiger partial charge in [-0.05, 0) is 47.9 Å². The lowest BCUT2D eigenvalue weighted by atomic mass is 9.90. The molecule has 0 saturated carbocycles. The highest BCUT2D eigenvalue weighted by atomic mass is 35.5. The molecule has 0 radical (unpaired) electrons. The van der Waals surface area contributed by atoms with Gasteiger partial charge in [0, 0.05) is 5.02 Å². The van der Waals surface area contributed by atoms with E-state index < -0.39 is 0 Å². The first-order valence-corrected chi connectivity index (χ1v) is 5.34. The highest BCUT2D eigenvalue weighted by Crippen LogP contribution is 2.39. The van der Waals surface area contributed by atoms with E-state index in [4.69, 9.17) is 11.6 Å². The van der Waals surface area contributed by atoms with E-state index >= 15 is 0 Å². The third-order valence-corrected chi connectivity index (χ3v) is 3.27. The first kappa shape index (κ1) is 9.08. The molecule has 1 heteroatoms. The average Bonchev–Trinajstić information content (AvgIpc) is 2.46. The number of benzene rings is 1. The van der Waals surface area contributed by atoms with E-state index in [9.17, 15) is 0 Å². The fourth-order valence-corrected chi connectivity index (χ4v) is 2.48. The van der Waals surface area contributed by atoms with E-state index in [0.29, 0.717) is 0 Å². The van der Waals surface area contributed by atoms with Gasteiger partial charge in [-0.2, -0.15) is 0 Å². The van der Waals surface area contributed by atoms with Crippen molar-refractivity contribution in [3.8, 4) is 0 Å². The van der Waals surface area contributed by atoms with Crippen molar-refractivity contribution in [1.82, 2.24) is 0 Å². The zero-order chi connectivity index (χ0) is 9.42. The van der Waals surface area contributed by atoms with E-state index in [1.165, 1.54) is 24.0 Å². The first-order valence-electron chi connectivity index (χ1n) is 4.97. The van der Waals surface area contributed by atoms with Crippen molar-refractivity contribution in [3.63, 3.8) is 0 Å². The molecule has 13 heavy (non-hydrogen) atoms. The van der Waals surface area contributed by atoms with Crippen molar-refractivity contribution in [3.05, 3.63) is 34.3 Å². The maximum Gasteiger partial charge on any atom is 0.0409 e. The van der Waals surface area contributed by atoms with Gasteiger partial charge < -0.3 is 0 Å². The number of halogens is 1. The molecule has 70 valence electrons. The molecule has 1 aromatic rings. The summed E-state index contributed by atoms with van der Waals surface area (Å²) in [6.45, 7) is 4.58. The summed E-state index contributed by atoms with van der Waals surface area (Å²) < 4.78 is 0. The van der Waals surface area contributed by atoms with Crippen molar-refractivity contribution < 1.29 is 0 Å². The maximum atomic E-state index is 5.99. The van der Waals surface area contributed by atoms with E-state index in [1.54, 1.807) is 0 Å². The molecule has 1 aromatic carbocycles. The molecular weight excluding hydrogens is 180 g/mol. The van der Waals surface area contributed by atoms with Gasteiger partial charge in [-0.1, -0.05) is 31.5 Å². The summed E-state index contributed by atoms with van der Waals surface area (Å²) in [6, 6.07) is 6.33. The topological polar surface area (TPSA) is 0 Å². The van der Waals surface area contributed by atoms with Crippen molar-refractivity contribution in [1.29, 1.82) is 0 Å². The van der Waals surface area contributed by atoms with Gasteiger partial charge in [0.05, 0.1) is 0 Å². The fraction of sp³-hybridized carbons (Fsp3) is 0.500. The minimum Gasteiger partial charge on any atom is -0.0843 e. The highest BCUT2D eigenvalue weighted by molar-refractivity contribution is 6.30. The molecule has 0 saturated heterocycles. The first-order chi connectivity index (χ1) is 6.18. The van der Waals surface area contributed by atoms with Crippen LogP contribution in [0.5, 0.6) is 0 Å². The second-order valence-electron chi connectivity index (χ2n) is 4.23. The standard InChI is InChI=1S/C12H15Cl/c1-8(2)11-6-4-9-3-5-10(13)7-12(9)11/h3,5,7-8,11H,4,6H2,1-2H3. The highest BCUT2D eigenvalue weighted by Gasteiger charge is 2.24. The monoisotopic (exact) mass is 194 g/mol. The summed E-state index contributed by atoms with van der Waals surface area (Å²) in [7, 11) is 0. The summed E-state index contributed by atoms with van der Waals surface area (Å²) in [5.74, 6) is 1.47. The molecule has 0 bridgehead atoms. The molecule has 0 fully saturated rings.